The first kappa shape index (κ1) is 17.9. The molecule has 0 spiro atoms. The van der Waals surface area contributed by atoms with Gasteiger partial charge in [-0.05, 0) is 35.0 Å². The first-order valence-corrected chi connectivity index (χ1v) is 6.86. The van der Waals surface area contributed by atoms with Crippen molar-refractivity contribution in [1.29, 1.82) is 0 Å². The van der Waals surface area contributed by atoms with Gasteiger partial charge in [0.2, 0.25) is 0 Å². The van der Waals surface area contributed by atoms with Crippen LogP contribution in [0, 0.1) is 0 Å². The largest absolute Gasteiger partial charge is 0.478 e. The molecule has 1 amide bonds. The molecule has 5 nitrogen and oxygen atoms in total. The zero-order valence-corrected chi connectivity index (χ0v) is 13.6. The molecule has 4 N–H and O–H groups in total. The number of benzene rings is 1. The molecule has 0 aliphatic rings. The third-order valence-corrected chi connectivity index (χ3v) is 3.67. The van der Waals surface area contributed by atoms with Gasteiger partial charge in [-0.1, -0.05) is 15.9 Å². The fourth-order valence-corrected chi connectivity index (χ4v) is 2.57. The van der Waals surface area contributed by atoms with Gasteiger partial charge in [0.1, 0.15) is 0 Å². The average molecular weight is 434 g/mol. The highest BCUT2D eigenvalue weighted by Crippen LogP contribution is 2.33. The minimum absolute atomic E-state index is 0.0978. The highest BCUT2D eigenvalue weighted by molar-refractivity contribution is 9.11. The molecular weight excluding hydrogens is 425 g/mol. The molecule has 21 heavy (non-hydrogen) atoms. The lowest BCUT2D eigenvalue weighted by Crippen LogP contribution is -2.59. The van der Waals surface area contributed by atoms with Gasteiger partial charge >= 0.3 is 12.1 Å². The number of alkyl halides is 3. The van der Waals surface area contributed by atoms with Crippen molar-refractivity contribution in [2.24, 2.45) is 5.73 Å². The van der Waals surface area contributed by atoms with Crippen LogP contribution in [0.5, 0.6) is 0 Å². The van der Waals surface area contributed by atoms with Crippen LogP contribution in [0.1, 0.15) is 17.3 Å². The van der Waals surface area contributed by atoms with Crippen molar-refractivity contribution < 1.29 is 27.9 Å². The van der Waals surface area contributed by atoms with Gasteiger partial charge in [-0.2, -0.15) is 13.2 Å². The zero-order valence-electron chi connectivity index (χ0n) is 10.4. The summed E-state index contributed by atoms with van der Waals surface area (Å²) in [5.74, 6) is -2.99. The third kappa shape index (κ3) is 3.74. The molecule has 0 aromatic heterocycles. The second kappa shape index (κ2) is 5.93. The van der Waals surface area contributed by atoms with Gasteiger partial charge in [0.15, 0.2) is 5.54 Å². The maximum Gasteiger partial charge on any atom is 0.415 e. The molecule has 0 fully saturated rings. The van der Waals surface area contributed by atoms with Crippen LogP contribution in [0.4, 0.5) is 18.9 Å². The summed E-state index contributed by atoms with van der Waals surface area (Å²) >= 11 is 6.02. The number of carboxylic acid groups (broad SMARTS) is 1. The van der Waals surface area contributed by atoms with E-state index < -0.39 is 23.6 Å². The van der Waals surface area contributed by atoms with Gasteiger partial charge < -0.3 is 16.2 Å². The Bertz CT molecular complexity index is 603. The number of carbonyl (C=O) groups is 2. The summed E-state index contributed by atoms with van der Waals surface area (Å²) in [6.07, 6.45) is -4.98. The van der Waals surface area contributed by atoms with E-state index in [1.807, 2.05) is 5.32 Å². The van der Waals surface area contributed by atoms with E-state index in [2.05, 4.69) is 31.9 Å². The van der Waals surface area contributed by atoms with Crippen molar-refractivity contribution in [3.8, 4) is 0 Å². The van der Waals surface area contributed by atoms with Crippen LogP contribution in [-0.4, -0.2) is 28.7 Å². The maximum absolute atomic E-state index is 12.7. The predicted octanol–water partition coefficient (Wildman–Crippen LogP) is 3.13. The molecule has 0 aliphatic carbocycles. The molecule has 10 heteroatoms. The smallest absolute Gasteiger partial charge is 0.415 e. The molecule has 0 saturated heterocycles. The standard InChI is InChI=1S/C11H9Br2F3N2O3/c1-10(17,11(14,15)16)9(21)18-7-5(8(19)20)2-4(12)3-6(7)13/h2-3H,17H2,1H3,(H,18,21)(H,19,20). The number of rotatable bonds is 3. The second-order valence-electron chi connectivity index (χ2n) is 4.27. The first-order valence-electron chi connectivity index (χ1n) is 5.27. The Morgan fingerprint density at radius 3 is 2.24 bits per heavy atom. The van der Waals surface area contributed by atoms with Crippen molar-refractivity contribution in [2.75, 3.05) is 5.32 Å². The van der Waals surface area contributed by atoms with E-state index in [1.54, 1.807) is 0 Å². The summed E-state index contributed by atoms with van der Waals surface area (Å²) in [5.41, 5.74) is 1.13. The van der Waals surface area contributed by atoms with Crippen LogP contribution in [0.3, 0.4) is 0 Å². The van der Waals surface area contributed by atoms with E-state index in [0.717, 1.165) is 6.07 Å². The van der Waals surface area contributed by atoms with Crippen LogP contribution in [0.25, 0.3) is 0 Å². The van der Waals surface area contributed by atoms with Crippen LogP contribution >= 0.6 is 31.9 Å². The Balaban J connectivity index is 3.26. The van der Waals surface area contributed by atoms with Gasteiger partial charge in [-0.25, -0.2) is 4.79 Å². The number of carboxylic acids is 1. The summed E-state index contributed by atoms with van der Waals surface area (Å²) < 4.78 is 38.5. The Kier molecular flexibility index (Phi) is 5.06. The monoisotopic (exact) mass is 432 g/mol. The number of carbonyl (C=O) groups excluding carboxylic acids is 1. The van der Waals surface area contributed by atoms with Crippen molar-refractivity contribution in [3.63, 3.8) is 0 Å². The van der Waals surface area contributed by atoms with Gasteiger partial charge in [0.05, 0.1) is 11.3 Å². The van der Waals surface area contributed by atoms with Crippen molar-refractivity contribution in [3.05, 3.63) is 26.6 Å². The van der Waals surface area contributed by atoms with Crippen molar-refractivity contribution in [1.82, 2.24) is 0 Å². The maximum atomic E-state index is 12.7. The molecule has 1 rings (SSSR count). The number of hydrogen-bond donors (Lipinski definition) is 3. The summed E-state index contributed by atoms with van der Waals surface area (Å²) in [6.45, 7) is 0.496. The summed E-state index contributed by atoms with van der Waals surface area (Å²) in [7, 11) is 0. The Morgan fingerprint density at radius 1 is 1.29 bits per heavy atom. The SMILES string of the molecule is CC(N)(C(=O)Nc1c(Br)cc(Br)cc1C(=O)O)C(F)(F)F. The zero-order chi connectivity index (χ0) is 16.6. The highest BCUT2D eigenvalue weighted by Gasteiger charge is 2.54. The first-order chi connectivity index (χ1) is 9.37. The van der Waals surface area contributed by atoms with E-state index in [9.17, 15) is 22.8 Å². The van der Waals surface area contributed by atoms with E-state index in [0.29, 0.717) is 11.4 Å². The number of nitrogens with two attached hydrogens (primary N) is 1. The summed E-state index contributed by atoms with van der Waals surface area (Å²) in [6, 6.07) is 2.52. The van der Waals surface area contributed by atoms with Crippen molar-refractivity contribution in [2.45, 2.75) is 18.6 Å². The molecule has 0 heterocycles. The summed E-state index contributed by atoms with van der Waals surface area (Å²) in [5, 5.41) is 10.9. The molecule has 1 aromatic rings. The number of amides is 1. The molecule has 1 aromatic carbocycles. The quantitative estimate of drug-likeness (QED) is 0.682. The van der Waals surface area contributed by atoms with Gasteiger partial charge in [0, 0.05) is 8.95 Å². The number of hydrogen-bond acceptors (Lipinski definition) is 3. The lowest BCUT2D eigenvalue weighted by molar-refractivity contribution is -0.184. The molecule has 116 valence electrons. The number of nitrogens with one attached hydrogen (secondary N) is 1. The number of halogens is 5. The topological polar surface area (TPSA) is 92.4 Å². The number of anilines is 1. The Labute approximate surface area is 133 Å². The van der Waals surface area contributed by atoms with Gasteiger partial charge in [0.25, 0.3) is 5.91 Å². The normalized spacial score (nSPS) is 14.4. The molecule has 0 saturated carbocycles. The van der Waals surface area contributed by atoms with Gasteiger partial charge in [-0.3, -0.25) is 4.79 Å². The van der Waals surface area contributed by atoms with Crippen LogP contribution < -0.4 is 11.1 Å². The molecule has 0 radical (unpaired) electrons. The van der Waals surface area contributed by atoms with E-state index in [-0.39, 0.29) is 15.7 Å². The van der Waals surface area contributed by atoms with Gasteiger partial charge in [-0.15, -0.1) is 0 Å². The fraction of sp³-hybridized carbons (Fsp3) is 0.273. The highest BCUT2D eigenvalue weighted by atomic mass is 79.9. The lowest BCUT2D eigenvalue weighted by atomic mass is 10.0. The van der Waals surface area contributed by atoms with Crippen LogP contribution in [0.2, 0.25) is 0 Å². The van der Waals surface area contributed by atoms with E-state index >= 15 is 0 Å². The molecule has 1 atom stereocenters. The average Bonchev–Trinajstić information content (AvgIpc) is 2.30. The molecule has 0 bridgehead atoms. The molecule has 0 aliphatic heterocycles. The Morgan fingerprint density at radius 2 is 1.81 bits per heavy atom. The van der Waals surface area contributed by atoms with E-state index in [4.69, 9.17) is 10.8 Å². The second-order valence-corrected chi connectivity index (χ2v) is 6.04. The van der Waals surface area contributed by atoms with Crippen molar-refractivity contribution >= 4 is 49.4 Å². The number of aromatic carboxylic acids is 1. The van der Waals surface area contributed by atoms with Crippen LogP contribution in [0.15, 0.2) is 21.1 Å². The fourth-order valence-electron chi connectivity index (χ4n) is 1.24. The molecule has 1 unspecified atom stereocenters. The predicted molar refractivity (Wildman–Crippen MR) is 76.1 cm³/mol. The molecular formula is C11H9Br2F3N2O3. The van der Waals surface area contributed by atoms with Crippen LogP contribution in [-0.2, 0) is 4.79 Å². The Hall–Kier alpha value is -1.13. The third-order valence-electron chi connectivity index (χ3n) is 2.58. The van der Waals surface area contributed by atoms with E-state index in [1.165, 1.54) is 6.07 Å². The lowest BCUT2D eigenvalue weighted by Gasteiger charge is -2.26. The minimum atomic E-state index is -4.98. The minimum Gasteiger partial charge on any atom is -0.478 e. The summed E-state index contributed by atoms with van der Waals surface area (Å²) in [4.78, 5) is 22.8.